The predicted octanol–water partition coefficient (Wildman–Crippen LogP) is 1.19. The molecule has 5 nitrogen and oxygen atoms in total. The molecule has 0 aliphatic carbocycles. The number of carbonyl (C=O) groups is 1. The number of methoxy groups -OCH3 is 1. The predicted molar refractivity (Wildman–Crippen MR) is 84.0 cm³/mol. The molecule has 20 heavy (non-hydrogen) atoms. The quantitative estimate of drug-likeness (QED) is 0.645. The fourth-order valence-electron chi connectivity index (χ4n) is 2.39. The van der Waals surface area contributed by atoms with Gasteiger partial charge in [-0.05, 0) is 55.3 Å². The zero-order valence-corrected chi connectivity index (χ0v) is 14.5. The van der Waals surface area contributed by atoms with Gasteiger partial charge < -0.3 is 14.5 Å². The van der Waals surface area contributed by atoms with Crippen LogP contribution in [0.25, 0.3) is 0 Å². The summed E-state index contributed by atoms with van der Waals surface area (Å²) in [5.74, 6) is -0.195. The average molecular weight is 287 g/mol. The lowest BCUT2D eigenvalue weighted by atomic mass is 9.92. The van der Waals surface area contributed by atoms with Crippen LogP contribution in [0.1, 0.15) is 34.1 Å². The molecule has 2 atom stereocenters. The number of hydrogen-bond donors (Lipinski definition) is 1. The summed E-state index contributed by atoms with van der Waals surface area (Å²) < 4.78 is 4.97. The summed E-state index contributed by atoms with van der Waals surface area (Å²) in [6.07, 6.45) is 0.724. The molecule has 0 radical (unpaired) electrons. The van der Waals surface area contributed by atoms with Crippen LogP contribution in [0.4, 0.5) is 0 Å². The highest BCUT2D eigenvalue weighted by Crippen LogP contribution is 2.18. The number of esters is 1. The van der Waals surface area contributed by atoms with E-state index >= 15 is 0 Å². The van der Waals surface area contributed by atoms with E-state index in [1.54, 1.807) is 0 Å². The number of hydrogen-bond acceptors (Lipinski definition) is 5. The standard InChI is InChI=1S/C15H33N3O2/c1-12(2)16-15(4,14(19)20-8)11-13(3)18(7)10-9-17(5)6/h12-13,16H,9-11H2,1-8H3. The second kappa shape index (κ2) is 8.60. The van der Waals surface area contributed by atoms with E-state index in [4.69, 9.17) is 4.74 Å². The van der Waals surface area contributed by atoms with Gasteiger partial charge in [0, 0.05) is 25.2 Å². The van der Waals surface area contributed by atoms with Gasteiger partial charge in [-0.3, -0.25) is 10.1 Å². The van der Waals surface area contributed by atoms with Gasteiger partial charge in [-0.1, -0.05) is 0 Å². The Bertz CT molecular complexity index is 295. The molecule has 1 N–H and O–H groups in total. The van der Waals surface area contributed by atoms with Crippen LogP contribution in [0.3, 0.4) is 0 Å². The summed E-state index contributed by atoms with van der Waals surface area (Å²) >= 11 is 0. The normalized spacial score (nSPS) is 16.6. The molecule has 0 aliphatic rings. The van der Waals surface area contributed by atoms with E-state index in [9.17, 15) is 4.79 Å². The van der Waals surface area contributed by atoms with Gasteiger partial charge in [-0.15, -0.1) is 0 Å². The van der Waals surface area contributed by atoms with E-state index < -0.39 is 5.54 Å². The highest BCUT2D eigenvalue weighted by molar-refractivity contribution is 5.80. The first-order valence-electron chi connectivity index (χ1n) is 7.33. The molecule has 0 aliphatic heterocycles. The second-order valence-corrected chi connectivity index (χ2v) is 6.46. The third kappa shape index (κ3) is 6.68. The molecular formula is C15H33N3O2. The molecule has 0 aromatic rings. The fraction of sp³-hybridized carbons (Fsp3) is 0.933. The fourth-order valence-corrected chi connectivity index (χ4v) is 2.39. The van der Waals surface area contributed by atoms with Crippen LogP contribution in [-0.2, 0) is 9.53 Å². The molecule has 0 aromatic carbocycles. The Morgan fingerprint density at radius 1 is 1.20 bits per heavy atom. The van der Waals surface area contributed by atoms with Gasteiger partial charge in [0.1, 0.15) is 5.54 Å². The number of carbonyl (C=O) groups excluding carboxylic acids is 1. The minimum absolute atomic E-state index is 0.195. The van der Waals surface area contributed by atoms with Gasteiger partial charge in [0.05, 0.1) is 7.11 Å². The molecule has 0 fully saturated rings. The van der Waals surface area contributed by atoms with E-state index in [2.05, 4.69) is 43.2 Å². The largest absolute Gasteiger partial charge is 0.468 e. The lowest BCUT2D eigenvalue weighted by Crippen LogP contribution is -2.56. The van der Waals surface area contributed by atoms with E-state index in [0.717, 1.165) is 19.5 Å². The Hall–Kier alpha value is -0.650. The maximum atomic E-state index is 12.1. The molecule has 0 amide bonds. The maximum Gasteiger partial charge on any atom is 0.325 e. The summed E-state index contributed by atoms with van der Waals surface area (Å²) in [7, 11) is 7.68. The van der Waals surface area contributed by atoms with Crippen molar-refractivity contribution < 1.29 is 9.53 Å². The summed E-state index contributed by atoms with van der Waals surface area (Å²) in [6, 6.07) is 0.531. The molecule has 120 valence electrons. The Morgan fingerprint density at radius 2 is 1.75 bits per heavy atom. The SMILES string of the molecule is COC(=O)C(C)(CC(C)N(C)CCN(C)C)NC(C)C. The summed E-state index contributed by atoms with van der Waals surface area (Å²) in [5, 5.41) is 3.35. The topological polar surface area (TPSA) is 44.8 Å². The lowest BCUT2D eigenvalue weighted by molar-refractivity contribution is -0.149. The first-order valence-corrected chi connectivity index (χ1v) is 7.33. The summed E-state index contributed by atoms with van der Waals surface area (Å²) in [4.78, 5) is 16.5. The molecule has 5 heteroatoms. The van der Waals surface area contributed by atoms with Crippen LogP contribution >= 0.6 is 0 Å². The highest BCUT2D eigenvalue weighted by atomic mass is 16.5. The smallest absolute Gasteiger partial charge is 0.325 e. The summed E-state index contributed by atoms with van der Waals surface area (Å²) in [5.41, 5.74) is -0.644. The Balaban J connectivity index is 4.68. The summed E-state index contributed by atoms with van der Waals surface area (Å²) in [6.45, 7) is 10.2. The molecule has 0 spiro atoms. The first-order chi connectivity index (χ1) is 9.12. The number of nitrogens with one attached hydrogen (secondary N) is 1. The third-order valence-corrected chi connectivity index (χ3v) is 3.60. The van der Waals surface area contributed by atoms with Gasteiger partial charge in [0.15, 0.2) is 0 Å². The molecular weight excluding hydrogens is 254 g/mol. The van der Waals surface area contributed by atoms with Gasteiger partial charge in [0.2, 0.25) is 0 Å². The molecule has 0 aromatic heterocycles. The van der Waals surface area contributed by atoms with Crippen LogP contribution in [0.5, 0.6) is 0 Å². The number of ether oxygens (including phenoxy) is 1. The second-order valence-electron chi connectivity index (χ2n) is 6.46. The average Bonchev–Trinajstić information content (AvgIpc) is 2.33. The van der Waals surface area contributed by atoms with Crippen molar-refractivity contribution in [3.8, 4) is 0 Å². The van der Waals surface area contributed by atoms with E-state index in [0.29, 0.717) is 6.04 Å². The van der Waals surface area contributed by atoms with Crippen LogP contribution in [0, 0.1) is 0 Å². The molecule has 0 rings (SSSR count). The number of rotatable bonds is 9. The molecule has 0 bridgehead atoms. The van der Waals surface area contributed by atoms with Crippen LogP contribution in [0.2, 0.25) is 0 Å². The highest BCUT2D eigenvalue weighted by Gasteiger charge is 2.36. The van der Waals surface area contributed by atoms with Crippen molar-refractivity contribution in [3.63, 3.8) is 0 Å². The Morgan fingerprint density at radius 3 is 2.15 bits per heavy atom. The third-order valence-electron chi connectivity index (χ3n) is 3.60. The lowest BCUT2D eigenvalue weighted by Gasteiger charge is -2.36. The van der Waals surface area contributed by atoms with Gasteiger partial charge in [-0.25, -0.2) is 0 Å². The zero-order chi connectivity index (χ0) is 15.9. The van der Waals surface area contributed by atoms with Crippen molar-refractivity contribution in [2.45, 2.75) is 51.7 Å². The van der Waals surface area contributed by atoms with Crippen LogP contribution in [-0.4, -0.2) is 74.7 Å². The van der Waals surface area contributed by atoms with Crippen molar-refractivity contribution in [1.82, 2.24) is 15.1 Å². The number of nitrogens with zero attached hydrogens (tertiary/aromatic N) is 2. The van der Waals surface area contributed by atoms with E-state index in [1.165, 1.54) is 7.11 Å². The maximum absolute atomic E-state index is 12.1. The number of likely N-dealkylation sites (N-methyl/N-ethyl adjacent to an activating group) is 2. The minimum Gasteiger partial charge on any atom is -0.468 e. The van der Waals surface area contributed by atoms with Crippen LogP contribution in [0.15, 0.2) is 0 Å². The van der Waals surface area contributed by atoms with Crippen molar-refractivity contribution in [2.75, 3.05) is 41.3 Å². The minimum atomic E-state index is -0.644. The molecule has 0 saturated heterocycles. The van der Waals surface area contributed by atoms with Gasteiger partial charge >= 0.3 is 5.97 Å². The van der Waals surface area contributed by atoms with E-state index in [-0.39, 0.29) is 12.0 Å². The first kappa shape index (κ1) is 19.4. The van der Waals surface area contributed by atoms with Crippen molar-refractivity contribution >= 4 is 5.97 Å². The van der Waals surface area contributed by atoms with Crippen molar-refractivity contribution in [2.24, 2.45) is 0 Å². The van der Waals surface area contributed by atoms with Gasteiger partial charge in [0.25, 0.3) is 0 Å². The monoisotopic (exact) mass is 287 g/mol. The van der Waals surface area contributed by atoms with Gasteiger partial charge in [-0.2, -0.15) is 0 Å². The zero-order valence-electron chi connectivity index (χ0n) is 14.5. The van der Waals surface area contributed by atoms with Crippen LogP contribution < -0.4 is 5.32 Å². The van der Waals surface area contributed by atoms with E-state index in [1.807, 2.05) is 20.8 Å². The molecule has 0 heterocycles. The molecule has 0 saturated carbocycles. The van der Waals surface area contributed by atoms with Crippen molar-refractivity contribution in [3.05, 3.63) is 0 Å². The Labute approximate surface area is 124 Å². The Kier molecular flexibility index (Phi) is 8.32. The van der Waals surface area contributed by atoms with Crippen molar-refractivity contribution in [1.29, 1.82) is 0 Å². The molecule has 2 unspecified atom stereocenters.